The first-order valence-corrected chi connectivity index (χ1v) is 15.7. The maximum absolute atomic E-state index is 5.48. The van der Waals surface area contributed by atoms with E-state index in [1.807, 2.05) is 36.4 Å². The van der Waals surface area contributed by atoms with Crippen molar-refractivity contribution < 1.29 is 0 Å². The number of dihydropyridines is 1. The van der Waals surface area contributed by atoms with E-state index in [4.69, 9.17) is 19.9 Å². The Balaban J connectivity index is 1.35. The van der Waals surface area contributed by atoms with Gasteiger partial charge >= 0.3 is 0 Å². The van der Waals surface area contributed by atoms with Gasteiger partial charge in [-0.25, -0.2) is 15.0 Å². The minimum absolute atomic E-state index is 0.123. The molecule has 2 heterocycles. The van der Waals surface area contributed by atoms with Crippen molar-refractivity contribution in [2.75, 3.05) is 0 Å². The Morgan fingerprint density at radius 3 is 1.80 bits per heavy atom. The summed E-state index contributed by atoms with van der Waals surface area (Å²) < 4.78 is 0. The summed E-state index contributed by atoms with van der Waals surface area (Å²) in [6, 6.07) is 46.4. The molecule has 0 fully saturated rings. The molecular formula is C42H32N4. The van der Waals surface area contributed by atoms with E-state index in [0.29, 0.717) is 23.9 Å². The molecule has 6 aromatic carbocycles. The van der Waals surface area contributed by atoms with E-state index < -0.39 is 0 Å². The van der Waals surface area contributed by atoms with Gasteiger partial charge in [-0.3, -0.25) is 4.99 Å². The van der Waals surface area contributed by atoms with Crippen LogP contribution in [0.2, 0.25) is 0 Å². The van der Waals surface area contributed by atoms with Crippen molar-refractivity contribution in [1.82, 2.24) is 15.0 Å². The second kappa shape index (κ2) is 11.6. The highest BCUT2D eigenvalue weighted by atomic mass is 15.0. The third-order valence-electron chi connectivity index (χ3n) is 8.82. The summed E-state index contributed by atoms with van der Waals surface area (Å²) in [4.78, 5) is 20.6. The maximum Gasteiger partial charge on any atom is 0.164 e. The highest BCUT2D eigenvalue weighted by Crippen LogP contribution is 2.40. The van der Waals surface area contributed by atoms with Gasteiger partial charge in [-0.05, 0) is 58.7 Å². The van der Waals surface area contributed by atoms with Crippen molar-refractivity contribution in [2.45, 2.75) is 26.3 Å². The molecule has 0 radical (unpaired) electrons. The van der Waals surface area contributed by atoms with E-state index in [1.54, 1.807) is 0 Å². The highest BCUT2D eigenvalue weighted by molar-refractivity contribution is 6.14. The molecule has 4 nitrogen and oxygen atoms in total. The zero-order chi connectivity index (χ0) is 31.0. The lowest BCUT2D eigenvalue weighted by Crippen LogP contribution is -2.14. The number of aromatic nitrogens is 3. The standard InChI is InChI=1S/C42H32N4/c1-27-21-22-33(28(2)23-27)38-25-32(26-39(43-38)37-24-31-17-9-10-18-34(31)35-19-11-12-20-36(35)37)42-45-40(29-13-5-3-6-14-29)44-41(46-42)30-15-7-4-8-16-30/h3-25,39H,26H2,1-2H3. The lowest BCUT2D eigenvalue weighted by atomic mass is 9.87. The van der Waals surface area contributed by atoms with Gasteiger partial charge in [0.05, 0.1) is 11.8 Å². The van der Waals surface area contributed by atoms with E-state index in [2.05, 4.69) is 117 Å². The number of benzene rings is 6. The zero-order valence-corrected chi connectivity index (χ0v) is 25.9. The number of aryl methyl sites for hydroxylation is 2. The molecule has 0 aliphatic carbocycles. The Hall–Kier alpha value is -5.74. The third kappa shape index (κ3) is 5.18. The predicted octanol–water partition coefficient (Wildman–Crippen LogP) is 10.1. The first kappa shape index (κ1) is 27.8. The Kier molecular flexibility index (Phi) is 7.03. The number of hydrogen-bond acceptors (Lipinski definition) is 4. The van der Waals surface area contributed by atoms with Crippen LogP contribution in [0.3, 0.4) is 0 Å². The van der Waals surface area contributed by atoms with Gasteiger partial charge in [0.2, 0.25) is 0 Å². The molecule has 8 rings (SSSR count). The van der Waals surface area contributed by atoms with Crippen LogP contribution in [0, 0.1) is 13.8 Å². The van der Waals surface area contributed by atoms with Crippen LogP contribution in [-0.4, -0.2) is 20.7 Å². The summed E-state index contributed by atoms with van der Waals surface area (Å²) >= 11 is 0. The van der Waals surface area contributed by atoms with Crippen LogP contribution >= 0.6 is 0 Å². The second-order valence-electron chi connectivity index (χ2n) is 12.0. The molecule has 0 saturated heterocycles. The van der Waals surface area contributed by atoms with E-state index in [0.717, 1.165) is 28.0 Å². The first-order chi connectivity index (χ1) is 22.6. The monoisotopic (exact) mass is 592 g/mol. The molecule has 1 aliphatic rings. The van der Waals surface area contributed by atoms with E-state index in [1.165, 1.54) is 38.2 Å². The molecule has 4 heteroatoms. The Morgan fingerprint density at radius 1 is 0.543 bits per heavy atom. The van der Waals surface area contributed by atoms with Crippen LogP contribution < -0.4 is 0 Å². The summed E-state index contributed by atoms with van der Waals surface area (Å²) in [5.74, 6) is 2.00. The number of rotatable bonds is 5. The number of allylic oxidation sites excluding steroid dienone is 1. The summed E-state index contributed by atoms with van der Waals surface area (Å²) in [7, 11) is 0. The molecule has 0 amide bonds. The topological polar surface area (TPSA) is 51.0 Å². The molecule has 1 atom stereocenters. The van der Waals surface area contributed by atoms with Crippen molar-refractivity contribution in [3.8, 4) is 22.8 Å². The summed E-state index contributed by atoms with van der Waals surface area (Å²) in [5, 5.41) is 4.94. The number of aliphatic imine (C=N–C) groups is 1. The molecule has 0 N–H and O–H groups in total. The van der Waals surface area contributed by atoms with Gasteiger partial charge in [-0.15, -0.1) is 0 Å². The minimum Gasteiger partial charge on any atom is -0.276 e. The van der Waals surface area contributed by atoms with Crippen molar-refractivity contribution in [1.29, 1.82) is 0 Å². The summed E-state index contributed by atoms with van der Waals surface area (Å²) in [6.07, 6.45) is 2.86. The number of fused-ring (bicyclic) bond motifs is 3. The predicted molar refractivity (Wildman–Crippen MR) is 190 cm³/mol. The lowest BCUT2D eigenvalue weighted by molar-refractivity contribution is 0.749. The van der Waals surface area contributed by atoms with Crippen LogP contribution in [0.1, 0.15) is 40.5 Å². The maximum atomic E-state index is 5.48. The molecule has 0 spiro atoms. The highest BCUT2D eigenvalue weighted by Gasteiger charge is 2.26. The fourth-order valence-corrected chi connectivity index (χ4v) is 6.58. The van der Waals surface area contributed by atoms with Gasteiger partial charge in [0, 0.05) is 28.7 Å². The van der Waals surface area contributed by atoms with E-state index in [9.17, 15) is 0 Å². The largest absolute Gasteiger partial charge is 0.276 e. The van der Waals surface area contributed by atoms with Gasteiger partial charge in [0.1, 0.15) is 0 Å². The molecule has 46 heavy (non-hydrogen) atoms. The Labute approximate surface area is 268 Å². The fourth-order valence-electron chi connectivity index (χ4n) is 6.58. The van der Waals surface area contributed by atoms with Gasteiger partial charge in [-0.1, -0.05) is 133 Å². The average Bonchev–Trinajstić information content (AvgIpc) is 3.11. The molecule has 1 aliphatic heterocycles. The summed E-state index contributed by atoms with van der Waals surface area (Å²) in [5.41, 5.74) is 8.68. The van der Waals surface area contributed by atoms with Gasteiger partial charge in [0.15, 0.2) is 17.5 Å². The first-order valence-electron chi connectivity index (χ1n) is 15.7. The van der Waals surface area contributed by atoms with Gasteiger partial charge in [0.25, 0.3) is 0 Å². The molecule has 1 unspecified atom stereocenters. The van der Waals surface area contributed by atoms with Crippen LogP contribution in [0.5, 0.6) is 0 Å². The van der Waals surface area contributed by atoms with Gasteiger partial charge in [-0.2, -0.15) is 0 Å². The number of hydrogen-bond donors (Lipinski definition) is 0. The summed E-state index contributed by atoms with van der Waals surface area (Å²) in [6.45, 7) is 4.29. The van der Waals surface area contributed by atoms with Crippen LogP contribution in [0.15, 0.2) is 145 Å². The Morgan fingerprint density at radius 2 is 1.13 bits per heavy atom. The second-order valence-corrected chi connectivity index (χ2v) is 12.0. The van der Waals surface area contributed by atoms with Crippen molar-refractivity contribution in [2.24, 2.45) is 4.99 Å². The number of nitrogens with zero attached hydrogens (tertiary/aromatic N) is 4. The van der Waals surface area contributed by atoms with E-state index in [-0.39, 0.29) is 6.04 Å². The minimum atomic E-state index is -0.123. The third-order valence-corrected chi connectivity index (χ3v) is 8.82. The van der Waals surface area contributed by atoms with Crippen molar-refractivity contribution in [3.63, 3.8) is 0 Å². The van der Waals surface area contributed by atoms with Crippen molar-refractivity contribution >= 4 is 32.8 Å². The smallest absolute Gasteiger partial charge is 0.164 e. The van der Waals surface area contributed by atoms with Crippen molar-refractivity contribution in [3.05, 3.63) is 168 Å². The molecular weight excluding hydrogens is 560 g/mol. The lowest BCUT2D eigenvalue weighted by Gasteiger charge is -2.24. The molecule has 220 valence electrons. The quantitative estimate of drug-likeness (QED) is 0.187. The van der Waals surface area contributed by atoms with E-state index >= 15 is 0 Å². The van der Waals surface area contributed by atoms with Crippen LogP contribution in [0.25, 0.3) is 49.9 Å². The zero-order valence-electron chi connectivity index (χ0n) is 25.9. The van der Waals surface area contributed by atoms with Gasteiger partial charge < -0.3 is 0 Å². The average molecular weight is 593 g/mol. The SMILES string of the molecule is Cc1ccc(C2=NC(c3cc4ccccc4c4ccccc34)CC(c3nc(-c4ccccc4)nc(-c4ccccc4)n3)=C2)c(C)c1. The normalized spacial score (nSPS) is 14.7. The Bertz CT molecular complexity index is 2250. The molecule has 0 saturated carbocycles. The van der Waals surface area contributed by atoms with Crippen LogP contribution in [-0.2, 0) is 0 Å². The molecule has 1 aromatic heterocycles. The molecule has 7 aromatic rings. The van der Waals surface area contributed by atoms with Crippen LogP contribution in [0.4, 0.5) is 0 Å². The molecule has 0 bridgehead atoms. The fraction of sp³-hybridized carbons (Fsp3) is 0.0952.